The second kappa shape index (κ2) is 2.34. The van der Waals surface area contributed by atoms with Gasteiger partial charge in [-0.15, -0.1) is 0 Å². The molecule has 0 aliphatic heterocycles. The highest BCUT2D eigenvalue weighted by atomic mass is 32.2. The van der Waals surface area contributed by atoms with Gasteiger partial charge < -0.3 is 5.10 Å². The molecule has 0 spiro atoms. The minimum atomic E-state index is 0.664. The second-order valence-corrected chi connectivity index (χ2v) is 2.31. The summed E-state index contributed by atoms with van der Waals surface area (Å²) in [5.41, 5.74) is 0. The van der Waals surface area contributed by atoms with E-state index in [1.807, 2.05) is 0 Å². The quantitative estimate of drug-likeness (QED) is 0.411. The van der Waals surface area contributed by atoms with E-state index >= 15 is 0 Å². The van der Waals surface area contributed by atoms with Crippen molar-refractivity contribution in [1.82, 2.24) is 10.2 Å². The van der Waals surface area contributed by atoms with Gasteiger partial charge in [-0.2, -0.15) is 0 Å². The summed E-state index contributed by atoms with van der Waals surface area (Å²) in [6.07, 6.45) is 1.73. The lowest BCUT2D eigenvalue weighted by molar-refractivity contribution is 1.08. The smallest absolute Gasteiger partial charge is 0.134 e. The van der Waals surface area contributed by atoms with Gasteiger partial charge in [0, 0.05) is 6.20 Å². The number of rotatable bonds is 1. The summed E-state index contributed by atoms with van der Waals surface area (Å²) >= 11 is 5.93. The van der Waals surface area contributed by atoms with Gasteiger partial charge in [-0.1, -0.05) is 12.2 Å². The standard InChI is InChI=1S/C3H5N3S2/c4-8-2-1-5-6-3(2)7/h1H,4H2,(H2,5,6,7). The van der Waals surface area contributed by atoms with E-state index in [0.29, 0.717) is 4.64 Å². The van der Waals surface area contributed by atoms with Crippen LogP contribution in [-0.2, 0) is 0 Å². The fraction of sp³-hybridized carbons (Fsp3) is 0. The third-order valence-corrected chi connectivity index (χ3v) is 1.77. The molecule has 1 rings (SSSR count). The molecule has 0 aliphatic rings. The first-order chi connectivity index (χ1) is 3.84. The molecule has 3 nitrogen and oxygen atoms in total. The molecule has 5 heteroatoms. The fourth-order valence-corrected chi connectivity index (χ4v) is 0.929. The van der Waals surface area contributed by atoms with Crippen molar-refractivity contribution >= 4 is 24.2 Å². The van der Waals surface area contributed by atoms with Crippen molar-refractivity contribution < 1.29 is 0 Å². The molecule has 8 heavy (non-hydrogen) atoms. The SMILES string of the molecule is NSc1c[nH][nH]c1=S. The number of H-pyrrole nitrogens is 2. The second-order valence-electron chi connectivity index (χ2n) is 1.22. The highest BCUT2D eigenvalue weighted by molar-refractivity contribution is 7.97. The lowest BCUT2D eigenvalue weighted by Gasteiger charge is -1.78. The summed E-state index contributed by atoms with van der Waals surface area (Å²) in [4.78, 5) is 0.875. The number of hydrogen-bond acceptors (Lipinski definition) is 3. The first kappa shape index (κ1) is 5.87. The minimum absolute atomic E-state index is 0.664. The lowest BCUT2D eigenvalue weighted by Crippen LogP contribution is -1.74. The van der Waals surface area contributed by atoms with Crippen LogP contribution in [0.1, 0.15) is 0 Å². The average molecular weight is 147 g/mol. The monoisotopic (exact) mass is 147 g/mol. The van der Waals surface area contributed by atoms with E-state index in [4.69, 9.17) is 17.4 Å². The van der Waals surface area contributed by atoms with Gasteiger partial charge in [0.1, 0.15) is 4.64 Å². The van der Waals surface area contributed by atoms with Crippen LogP contribution in [0.25, 0.3) is 0 Å². The van der Waals surface area contributed by atoms with Crippen LogP contribution >= 0.6 is 24.2 Å². The number of nitrogens with one attached hydrogen (secondary N) is 2. The molecule has 1 aromatic rings. The maximum atomic E-state index is 5.21. The molecule has 1 heterocycles. The van der Waals surface area contributed by atoms with Crippen LogP contribution in [0.4, 0.5) is 0 Å². The van der Waals surface area contributed by atoms with Crippen LogP contribution in [0.5, 0.6) is 0 Å². The van der Waals surface area contributed by atoms with Gasteiger partial charge in [-0.3, -0.25) is 10.2 Å². The van der Waals surface area contributed by atoms with Crippen molar-refractivity contribution in [3.8, 4) is 0 Å². The van der Waals surface area contributed by atoms with Gasteiger partial charge in [0.2, 0.25) is 0 Å². The Morgan fingerprint density at radius 1 is 1.75 bits per heavy atom. The molecule has 0 atom stereocenters. The van der Waals surface area contributed by atoms with E-state index in [1.54, 1.807) is 6.20 Å². The van der Waals surface area contributed by atoms with E-state index in [1.165, 1.54) is 0 Å². The molecular weight excluding hydrogens is 142 g/mol. The Morgan fingerprint density at radius 2 is 2.50 bits per heavy atom. The van der Waals surface area contributed by atoms with E-state index < -0.39 is 0 Å². The largest absolute Gasteiger partial charge is 0.306 e. The zero-order chi connectivity index (χ0) is 5.98. The number of aromatic amines is 2. The topological polar surface area (TPSA) is 57.6 Å². The maximum Gasteiger partial charge on any atom is 0.134 e. The van der Waals surface area contributed by atoms with E-state index in [0.717, 1.165) is 16.8 Å². The molecule has 0 radical (unpaired) electrons. The summed E-state index contributed by atoms with van der Waals surface area (Å²) in [5.74, 6) is 0. The lowest BCUT2D eigenvalue weighted by atomic mass is 10.7. The van der Waals surface area contributed by atoms with Crippen LogP contribution in [0, 0.1) is 4.64 Å². The van der Waals surface area contributed by atoms with E-state index in [-0.39, 0.29) is 0 Å². The number of hydrogen-bond donors (Lipinski definition) is 3. The molecule has 4 N–H and O–H groups in total. The van der Waals surface area contributed by atoms with Crippen molar-refractivity contribution in [2.24, 2.45) is 5.14 Å². The van der Waals surface area contributed by atoms with E-state index in [9.17, 15) is 0 Å². The molecule has 0 saturated heterocycles. The normalized spacial score (nSPS) is 9.62. The maximum absolute atomic E-state index is 5.21. The van der Waals surface area contributed by atoms with Crippen LogP contribution in [0.15, 0.2) is 11.1 Å². The zero-order valence-corrected chi connectivity index (χ0v) is 5.60. The third-order valence-electron chi connectivity index (χ3n) is 0.740. The van der Waals surface area contributed by atoms with Crippen molar-refractivity contribution in [1.29, 1.82) is 0 Å². The molecule has 0 aromatic carbocycles. The van der Waals surface area contributed by atoms with Gasteiger partial charge in [-0.25, -0.2) is 0 Å². The van der Waals surface area contributed by atoms with Crippen molar-refractivity contribution in [2.75, 3.05) is 0 Å². The minimum Gasteiger partial charge on any atom is -0.306 e. The average Bonchev–Trinajstić information content (AvgIpc) is 2.14. The van der Waals surface area contributed by atoms with Crippen molar-refractivity contribution in [3.05, 3.63) is 10.8 Å². The summed E-state index contributed by atoms with van der Waals surface area (Å²) in [7, 11) is 0. The van der Waals surface area contributed by atoms with Crippen LogP contribution < -0.4 is 5.14 Å². The molecule has 0 amide bonds. The molecule has 0 saturated carbocycles. The molecule has 0 fully saturated rings. The van der Waals surface area contributed by atoms with Crippen molar-refractivity contribution in [3.63, 3.8) is 0 Å². The first-order valence-electron chi connectivity index (χ1n) is 1.97. The van der Waals surface area contributed by atoms with Gasteiger partial charge in [0.15, 0.2) is 0 Å². The predicted octanol–water partition coefficient (Wildman–Crippen LogP) is 1.04. The Morgan fingerprint density at radius 3 is 2.75 bits per heavy atom. The molecule has 0 aliphatic carbocycles. The van der Waals surface area contributed by atoms with Crippen LogP contribution in [-0.4, -0.2) is 10.2 Å². The molecule has 0 bridgehead atoms. The fourth-order valence-electron chi connectivity index (χ4n) is 0.382. The highest BCUT2D eigenvalue weighted by Gasteiger charge is 1.90. The summed E-state index contributed by atoms with van der Waals surface area (Å²) in [6.45, 7) is 0. The van der Waals surface area contributed by atoms with Gasteiger partial charge >= 0.3 is 0 Å². The molecule has 44 valence electrons. The summed E-state index contributed by atoms with van der Waals surface area (Å²) in [5, 5.41) is 10.6. The summed E-state index contributed by atoms with van der Waals surface area (Å²) in [6, 6.07) is 0. The zero-order valence-electron chi connectivity index (χ0n) is 3.97. The predicted molar refractivity (Wildman–Crippen MR) is 36.0 cm³/mol. The Bertz CT molecular complexity index is 212. The number of aromatic nitrogens is 2. The summed E-state index contributed by atoms with van der Waals surface area (Å²) < 4.78 is 0.664. The highest BCUT2D eigenvalue weighted by Crippen LogP contribution is 2.08. The molecular formula is C3H5N3S2. The molecule has 1 aromatic heterocycles. The first-order valence-corrected chi connectivity index (χ1v) is 3.26. The van der Waals surface area contributed by atoms with Crippen LogP contribution in [0.3, 0.4) is 0 Å². The molecule has 0 unspecified atom stereocenters. The van der Waals surface area contributed by atoms with Gasteiger partial charge in [-0.05, 0) is 11.9 Å². The number of nitrogens with two attached hydrogens (primary N) is 1. The Hall–Kier alpha value is -0.260. The Labute approximate surface area is 55.8 Å². The third kappa shape index (κ3) is 0.936. The Balaban J connectivity index is 3.11. The van der Waals surface area contributed by atoms with Gasteiger partial charge in [0.25, 0.3) is 0 Å². The van der Waals surface area contributed by atoms with Crippen molar-refractivity contribution in [2.45, 2.75) is 4.90 Å². The van der Waals surface area contributed by atoms with Crippen LogP contribution in [0.2, 0.25) is 0 Å². The Kier molecular flexibility index (Phi) is 1.72. The van der Waals surface area contributed by atoms with Gasteiger partial charge in [0.05, 0.1) is 4.90 Å². The van der Waals surface area contributed by atoms with E-state index in [2.05, 4.69) is 10.2 Å².